The highest BCUT2D eigenvalue weighted by molar-refractivity contribution is 7.71. The quantitative estimate of drug-likeness (QED) is 0.148. The normalized spacial score (nSPS) is 10.9. The number of aromatic nitrogens is 3. The van der Waals surface area contributed by atoms with E-state index in [0.29, 0.717) is 23.7 Å². The minimum atomic E-state index is -0.510. The second kappa shape index (κ2) is 11.0. The second-order valence-electron chi connectivity index (χ2n) is 6.63. The van der Waals surface area contributed by atoms with Gasteiger partial charge in [0.1, 0.15) is 12.4 Å². The van der Waals surface area contributed by atoms with Crippen molar-refractivity contribution in [3.63, 3.8) is 0 Å². The number of nitro groups is 1. The van der Waals surface area contributed by atoms with E-state index in [9.17, 15) is 10.1 Å². The van der Waals surface area contributed by atoms with E-state index in [2.05, 4.69) is 15.3 Å². The minimum absolute atomic E-state index is 0.0972. The number of unbranched alkanes of at least 4 members (excludes halogenated alkanes) is 1. The average Bonchev–Trinajstić information content (AvgIpc) is 3.16. The van der Waals surface area contributed by atoms with E-state index in [-0.39, 0.29) is 28.6 Å². The van der Waals surface area contributed by atoms with Gasteiger partial charge in [-0.2, -0.15) is 14.9 Å². The lowest BCUT2D eigenvalue weighted by Crippen LogP contribution is -2.05. The highest BCUT2D eigenvalue weighted by Crippen LogP contribution is 2.38. The topological polar surface area (TPSA) is 117 Å². The van der Waals surface area contributed by atoms with Crippen LogP contribution in [0.2, 0.25) is 0 Å². The van der Waals surface area contributed by atoms with Crippen molar-refractivity contribution < 1.29 is 19.1 Å². The van der Waals surface area contributed by atoms with Gasteiger partial charge in [0.15, 0.2) is 11.6 Å². The van der Waals surface area contributed by atoms with Crippen molar-refractivity contribution in [1.29, 1.82) is 0 Å². The van der Waals surface area contributed by atoms with E-state index in [4.69, 9.17) is 26.4 Å². The molecule has 0 saturated heterocycles. The summed E-state index contributed by atoms with van der Waals surface area (Å²) in [5, 5.41) is 22.7. The number of benzene rings is 2. The summed E-state index contributed by atoms with van der Waals surface area (Å²) in [6.45, 7) is 2.49. The van der Waals surface area contributed by atoms with Crippen LogP contribution in [0, 0.1) is 14.9 Å². The van der Waals surface area contributed by atoms with Crippen molar-refractivity contribution >= 4 is 24.1 Å². The Morgan fingerprint density at radius 3 is 2.75 bits per heavy atom. The molecule has 1 aromatic heterocycles. The molecule has 0 atom stereocenters. The van der Waals surface area contributed by atoms with Gasteiger partial charge in [-0.25, -0.2) is 5.10 Å². The van der Waals surface area contributed by atoms with Crippen LogP contribution >= 0.6 is 12.2 Å². The molecule has 2 aromatic carbocycles. The standard InChI is InChI=1S/C21H23N5O5S/c1-3-4-10-30-20-17(26(27)28)11-15(12-18(20)29-2)13-22-25-19(23-24-21(25)32)14-31-16-8-6-5-7-9-16/h5-9,11-13H,3-4,10,14H2,1-2H3,(H,24,32)/b22-13-. The fourth-order valence-electron chi connectivity index (χ4n) is 2.76. The number of ether oxygens (including phenoxy) is 3. The Hall–Kier alpha value is -3.73. The molecule has 10 nitrogen and oxygen atoms in total. The largest absolute Gasteiger partial charge is 0.493 e. The van der Waals surface area contributed by atoms with Crippen LogP contribution in [0.5, 0.6) is 17.2 Å². The van der Waals surface area contributed by atoms with Crippen LogP contribution in [0.1, 0.15) is 31.2 Å². The van der Waals surface area contributed by atoms with Crippen LogP contribution in [0.3, 0.4) is 0 Å². The first-order valence-electron chi connectivity index (χ1n) is 9.91. The molecule has 0 aliphatic heterocycles. The lowest BCUT2D eigenvalue weighted by atomic mass is 10.2. The SMILES string of the molecule is CCCCOc1c(OC)cc(/C=N\n2c(COc3ccccc3)n[nH]c2=S)cc1[N+](=O)[O-]. The van der Waals surface area contributed by atoms with Crippen LogP contribution < -0.4 is 14.2 Å². The Kier molecular flexibility index (Phi) is 7.92. The summed E-state index contributed by atoms with van der Waals surface area (Å²) in [4.78, 5) is 11.1. The molecule has 1 heterocycles. The smallest absolute Gasteiger partial charge is 0.315 e. The fraction of sp³-hybridized carbons (Fsp3) is 0.286. The van der Waals surface area contributed by atoms with Crippen LogP contribution in [-0.4, -0.2) is 39.7 Å². The van der Waals surface area contributed by atoms with E-state index in [1.54, 1.807) is 6.07 Å². The van der Waals surface area contributed by atoms with Gasteiger partial charge in [-0.15, -0.1) is 0 Å². The summed E-state index contributed by atoms with van der Waals surface area (Å²) >= 11 is 5.24. The third-order valence-corrected chi connectivity index (χ3v) is 4.63. The van der Waals surface area contributed by atoms with Crippen LogP contribution in [0.25, 0.3) is 0 Å². The third-order valence-electron chi connectivity index (χ3n) is 4.37. The molecule has 0 amide bonds. The van der Waals surface area contributed by atoms with Crippen molar-refractivity contribution in [2.45, 2.75) is 26.4 Å². The van der Waals surface area contributed by atoms with Gasteiger partial charge in [0.2, 0.25) is 10.5 Å². The van der Waals surface area contributed by atoms with Gasteiger partial charge in [0.25, 0.3) is 0 Å². The Morgan fingerprint density at radius 1 is 1.28 bits per heavy atom. The molecule has 168 valence electrons. The highest BCUT2D eigenvalue weighted by atomic mass is 32.1. The number of aromatic amines is 1. The molecule has 0 radical (unpaired) electrons. The fourth-order valence-corrected chi connectivity index (χ4v) is 2.96. The lowest BCUT2D eigenvalue weighted by molar-refractivity contribution is -0.386. The highest BCUT2D eigenvalue weighted by Gasteiger charge is 2.22. The molecular weight excluding hydrogens is 434 g/mol. The van der Waals surface area contributed by atoms with E-state index in [0.717, 1.165) is 12.8 Å². The molecule has 0 aliphatic carbocycles. The predicted octanol–water partition coefficient (Wildman–Crippen LogP) is 4.50. The van der Waals surface area contributed by atoms with E-state index in [1.807, 2.05) is 37.3 Å². The van der Waals surface area contributed by atoms with Gasteiger partial charge in [0.05, 0.1) is 24.9 Å². The zero-order valence-electron chi connectivity index (χ0n) is 17.7. The van der Waals surface area contributed by atoms with Crippen molar-refractivity contribution in [2.24, 2.45) is 5.10 Å². The maximum atomic E-state index is 11.6. The van der Waals surface area contributed by atoms with Gasteiger partial charge < -0.3 is 14.2 Å². The molecule has 32 heavy (non-hydrogen) atoms. The second-order valence-corrected chi connectivity index (χ2v) is 7.02. The van der Waals surface area contributed by atoms with E-state index < -0.39 is 4.92 Å². The van der Waals surface area contributed by atoms with Crippen LogP contribution in [0.15, 0.2) is 47.6 Å². The van der Waals surface area contributed by atoms with Crippen molar-refractivity contribution in [2.75, 3.05) is 13.7 Å². The molecule has 0 aliphatic rings. The molecule has 11 heteroatoms. The third kappa shape index (κ3) is 5.70. The van der Waals surface area contributed by atoms with Gasteiger partial charge in [-0.1, -0.05) is 31.5 Å². The summed E-state index contributed by atoms with van der Waals surface area (Å²) in [5.41, 5.74) is 0.236. The number of nitro benzene ring substituents is 1. The molecule has 3 rings (SSSR count). The zero-order valence-corrected chi connectivity index (χ0v) is 18.5. The summed E-state index contributed by atoms with van der Waals surface area (Å²) in [6, 6.07) is 12.2. The number of H-pyrrole nitrogens is 1. The number of nitrogens with zero attached hydrogens (tertiary/aromatic N) is 4. The Labute approximate surface area is 189 Å². The average molecular weight is 458 g/mol. The van der Waals surface area contributed by atoms with Gasteiger partial charge in [0, 0.05) is 11.6 Å². The molecule has 0 saturated carbocycles. The summed E-state index contributed by atoms with van der Waals surface area (Å²) in [7, 11) is 1.43. The van der Waals surface area contributed by atoms with E-state index >= 15 is 0 Å². The number of hydrogen-bond acceptors (Lipinski definition) is 8. The minimum Gasteiger partial charge on any atom is -0.493 e. The van der Waals surface area contributed by atoms with Gasteiger partial charge in [-0.05, 0) is 36.8 Å². The van der Waals surface area contributed by atoms with Crippen molar-refractivity contribution in [3.8, 4) is 17.2 Å². The molecule has 1 N–H and O–H groups in total. The molecule has 3 aromatic rings. The first kappa shape index (κ1) is 22.9. The van der Waals surface area contributed by atoms with Gasteiger partial charge in [-0.3, -0.25) is 10.1 Å². The number of methoxy groups -OCH3 is 1. The van der Waals surface area contributed by atoms with Crippen LogP contribution in [0.4, 0.5) is 5.69 Å². The first-order chi connectivity index (χ1) is 15.5. The number of nitrogens with one attached hydrogen (secondary N) is 1. The molecule has 0 unspecified atom stereocenters. The monoisotopic (exact) mass is 457 g/mol. The van der Waals surface area contributed by atoms with Crippen molar-refractivity contribution in [3.05, 3.63) is 68.7 Å². The number of hydrogen-bond donors (Lipinski definition) is 1. The molecule has 0 spiro atoms. The maximum absolute atomic E-state index is 11.6. The number of para-hydroxylation sites is 1. The van der Waals surface area contributed by atoms with E-state index in [1.165, 1.54) is 24.1 Å². The first-order valence-corrected chi connectivity index (χ1v) is 10.3. The zero-order chi connectivity index (χ0) is 22.9. The summed E-state index contributed by atoms with van der Waals surface area (Å²) in [5.74, 6) is 1.47. The molecule has 0 fully saturated rings. The Morgan fingerprint density at radius 2 is 2.06 bits per heavy atom. The van der Waals surface area contributed by atoms with Crippen molar-refractivity contribution in [1.82, 2.24) is 14.9 Å². The Balaban J connectivity index is 1.86. The molecular formula is C21H23N5O5S. The number of rotatable bonds is 11. The van der Waals surface area contributed by atoms with Gasteiger partial charge >= 0.3 is 5.69 Å². The lowest BCUT2D eigenvalue weighted by Gasteiger charge is -2.11. The summed E-state index contributed by atoms with van der Waals surface area (Å²) < 4.78 is 18.3. The molecule has 0 bridgehead atoms. The van der Waals surface area contributed by atoms with Crippen LogP contribution in [-0.2, 0) is 6.61 Å². The Bertz CT molecular complexity index is 1140. The maximum Gasteiger partial charge on any atom is 0.315 e. The predicted molar refractivity (Wildman–Crippen MR) is 121 cm³/mol. The summed E-state index contributed by atoms with van der Waals surface area (Å²) in [6.07, 6.45) is 3.11.